The van der Waals surface area contributed by atoms with Gasteiger partial charge in [-0.2, -0.15) is 0 Å². The number of primary amides is 1. The lowest BCUT2D eigenvalue weighted by molar-refractivity contribution is -0.119. The summed E-state index contributed by atoms with van der Waals surface area (Å²) in [6.07, 6.45) is 6.84. The molecule has 0 aliphatic heterocycles. The van der Waals surface area contributed by atoms with Gasteiger partial charge >= 0.3 is 0 Å². The van der Waals surface area contributed by atoms with Crippen molar-refractivity contribution in [1.82, 2.24) is 0 Å². The van der Waals surface area contributed by atoms with Crippen molar-refractivity contribution in [3.63, 3.8) is 0 Å². The predicted molar refractivity (Wildman–Crippen MR) is 51.7 cm³/mol. The Morgan fingerprint density at radius 3 is 2.79 bits per heavy atom. The molecule has 0 aromatic heterocycles. The van der Waals surface area contributed by atoms with Gasteiger partial charge in [-0.05, 0) is 31.1 Å². The minimum absolute atomic E-state index is 0.00470. The lowest BCUT2D eigenvalue weighted by Crippen LogP contribution is -2.16. The maximum atomic E-state index is 11.0. The van der Waals surface area contributed by atoms with Gasteiger partial charge in [0.25, 0.3) is 0 Å². The van der Waals surface area contributed by atoms with E-state index in [1.165, 1.54) is 0 Å². The van der Waals surface area contributed by atoms with Crippen LogP contribution < -0.4 is 11.6 Å². The Labute approximate surface area is 83.2 Å². The molecule has 4 atom stereocenters. The SMILES string of the molecule is NO[C@@H]1/C=C\CC2[C@@H](CC1)[C@@H]2C(N)=O. The summed E-state index contributed by atoms with van der Waals surface area (Å²) in [5, 5.41) is 0. The van der Waals surface area contributed by atoms with Gasteiger partial charge in [-0.1, -0.05) is 12.2 Å². The molecule has 0 aromatic rings. The van der Waals surface area contributed by atoms with Crippen molar-refractivity contribution in [2.45, 2.75) is 25.4 Å². The number of nitrogens with two attached hydrogens (primary N) is 2. The van der Waals surface area contributed by atoms with Gasteiger partial charge in [0.1, 0.15) is 0 Å². The largest absolute Gasteiger partial charge is 0.369 e. The zero-order valence-electron chi connectivity index (χ0n) is 8.06. The third kappa shape index (κ3) is 1.67. The molecule has 0 heterocycles. The van der Waals surface area contributed by atoms with Crippen LogP contribution in [-0.2, 0) is 9.63 Å². The number of fused-ring (bicyclic) bond motifs is 1. The van der Waals surface area contributed by atoms with Crippen LogP contribution in [0.2, 0.25) is 0 Å². The second kappa shape index (κ2) is 3.71. The van der Waals surface area contributed by atoms with Gasteiger partial charge < -0.3 is 5.73 Å². The third-order valence-corrected chi connectivity index (χ3v) is 3.38. The van der Waals surface area contributed by atoms with Crippen molar-refractivity contribution in [3.05, 3.63) is 12.2 Å². The van der Waals surface area contributed by atoms with Crippen LogP contribution in [0.3, 0.4) is 0 Å². The zero-order valence-corrected chi connectivity index (χ0v) is 8.06. The molecule has 1 fully saturated rings. The van der Waals surface area contributed by atoms with Crippen LogP contribution in [0, 0.1) is 17.8 Å². The van der Waals surface area contributed by atoms with E-state index >= 15 is 0 Å². The van der Waals surface area contributed by atoms with E-state index in [2.05, 4.69) is 6.08 Å². The molecule has 0 bridgehead atoms. The van der Waals surface area contributed by atoms with Crippen LogP contribution >= 0.6 is 0 Å². The van der Waals surface area contributed by atoms with Crippen LogP contribution in [-0.4, -0.2) is 12.0 Å². The Morgan fingerprint density at radius 2 is 2.14 bits per heavy atom. The van der Waals surface area contributed by atoms with E-state index in [4.69, 9.17) is 16.5 Å². The van der Waals surface area contributed by atoms with Crippen LogP contribution in [0.1, 0.15) is 19.3 Å². The van der Waals surface area contributed by atoms with E-state index in [9.17, 15) is 4.79 Å². The highest BCUT2D eigenvalue weighted by Gasteiger charge is 2.52. The number of hydrogen-bond acceptors (Lipinski definition) is 3. The first-order chi connectivity index (χ1) is 6.74. The van der Waals surface area contributed by atoms with Crippen molar-refractivity contribution in [2.24, 2.45) is 29.4 Å². The summed E-state index contributed by atoms with van der Waals surface area (Å²) in [6.45, 7) is 0. The average Bonchev–Trinajstić information content (AvgIpc) is 2.78. The molecule has 4 N–H and O–H groups in total. The minimum Gasteiger partial charge on any atom is -0.369 e. The Bertz CT molecular complexity index is 265. The van der Waals surface area contributed by atoms with E-state index < -0.39 is 0 Å². The molecule has 2 rings (SSSR count). The standard InChI is InChI=1S/C10H16N2O2/c11-10(13)9-7-3-1-2-6(14-12)4-5-8(7)9/h1-2,6-9H,3-5,12H2,(H2,11,13)/b2-1-/t6-,7?,8-,9-/m1/s1. The van der Waals surface area contributed by atoms with Crippen molar-refractivity contribution in [3.8, 4) is 0 Å². The van der Waals surface area contributed by atoms with Crippen LogP contribution in [0.5, 0.6) is 0 Å². The number of rotatable bonds is 2. The van der Waals surface area contributed by atoms with Crippen LogP contribution in [0.15, 0.2) is 12.2 Å². The maximum absolute atomic E-state index is 11.0. The van der Waals surface area contributed by atoms with E-state index in [0.717, 1.165) is 19.3 Å². The Morgan fingerprint density at radius 1 is 1.36 bits per heavy atom. The molecule has 0 saturated heterocycles. The number of hydrogen-bond donors (Lipinski definition) is 2. The van der Waals surface area contributed by atoms with E-state index in [-0.39, 0.29) is 17.9 Å². The Balaban J connectivity index is 1.97. The van der Waals surface area contributed by atoms with Crippen LogP contribution in [0.4, 0.5) is 0 Å². The van der Waals surface area contributed by atoms with Gasteiger partial charge in [0.05, 0.1) is 6.10 Å². The van der Waals surface area contributed by atoms with Crippen molar-refractivity contribution in [1.29, 1.82) is 0 Å². The lowest BCUT2D eigenvalue weighted by Gasteiger charge is -2.11. The zero-order chi connectivity index (χ0) is 10.1. The highest BCUT2D eigenvalue weighted by Crippen LogP contribution is 2.52. The van der Waals surface area contributed by atoms with E-state index in [1.807, 2.05) is 6.08 Å². The topological polar surface area (TPSA) is 78.3 Å². The van der Waals surface area contributed by atoms with Crippen molar-refractivity contribution < 1.29 is 9.63 Å². The van der Waals surface area contributed by atoms with Gasteiger partial charge in [0, 0.05) is 5.92 Å². The molecule has 2 aliphatic rings. The molecule has 1 unspecified atom stereocenters. The molecule has 2 aliphatic carbocycles. The predicted octanol–water partition coefficient (Wildman–Crippen LogP) is 0.333. The summed E-state index contributed by atoms with van der Waals surface area (Å²) in [5.41, 5.74) is 5.31. The highest BCUT2D eigenvalue weighted by molar-refractivity contribution is 5.80. The number of carbonyl (C=O) groups is 1. The smallest absolute Gasteiger partial charge is 0.221 e. The van der Waals surface area contributed by atoms with Crippen molar-refractivity contribution >= 4 is 5.91 Å². The monoisotopic (exact) mass is 196 g/mol. The molecular weight excluding hydrogens is 180 g/mol. The first kappa shape index (κ1) is 9.68. The molecule has 1 amide bonds. The molecule has 0 radical (unpaired) electrons. The number of allylic oxidation sites excluding steroid dienone is 1. The van der Waals surface area contributed by atoms with Gasteiger partial charge in [-0.15, -0.1) is 0 Å². The fourth-order valence-corrected chi connectivity index (χ4v) is 2.54. The second-order valence-corrected chi connectivity index (χ2v) is 4.17. The summed E-state index contributed by atoms with van der Waals surface area (Å²) in [4.78, 5) is 15.8. The molecule has 0 aromatic carbocycles. The average molecular weight is 196 g/mol. The molecular formula is C10H16N2O2. The van der Waals surface area contributed by atoms with Gasteiger partial charge in [0.15, 0.2) is 0 Å². The molecule has 14 heavy (non-hydrogen) atoms. The fourth-order valence-electron chi connectivity index (χ4n) is 2.54. The first-order valence-corrected chi connectivity index (χ1v) is 5.05. The highest BCUT2D eigenvalue weighted by atomic mass is 16.6. The Kier molecular flexibility index (Phi) is 2.56. The molecule has 4 heteroatoms. The summed E-state index contributed by atoms with van der Waals surface area (Å²) in [6, 6.07) is 0. The summed E-state index contributed by atoms with van der Waals surface area (Å²) >= 11 is 0. The normalized spacial score (nSPS) is 43.2. The number of carbonyl (C=O) groups excluding carboxylic acids is 1. The maximum Gasteiger partial charge on any atom is 0.221 e. The van der Waals surface area contributed by atoms with Gasteiger partial charge in [0.2, 0.25) is 5.91 Å². The quantitative estimate of drug-likeness (QED) is 0.493. The van der Waals surface area contributed by atoms with Crippen molar-refractivity contribution in [2.75, 3.05) is 0 Å². The fraction of sp³-hybridized carbons (Fsp3) is 0.700. The summed E-state index contributed by atoms with van der Waals surface area (Å²) < 4.78 is 0. The van der Waals surface area contributed by atoms with Gasteiger partial charge in [-0.25, -0.2) is 5.90 Å². The first-order valence-electron chi connectivity index (χ1n) is 5.05. The van der Waals surface area contributed by atoms with E-state index in [1.54, 1.807) is 0 Å². The summed E-state index contributed by atoms with van der Waals surface area (Å²) in [5.74, 6) is 6.02. The van der Waals surface area contributed by atoms with E-state index in [0.29, 0.717) is 11.8 Å². The van der Waals surface area contributed by atoms with Gasteiger partial charge in [-0.3, -0.25) is 9.63 Å². The molecule has 78 valence electrons. The number of amides is 1. The molecule has 0 spiro atoms. The molecule has 4 nitrogen and oxygen atoms in total. The third-order valence-electron chi connectivity index (χ3n) is 3.38. The Hall–Kier alpha value is -0.870. The summed E-state index contributed by atoms with van der Waals surface area (Å²) in [7, 11) is 0. The lowest BCUT2D eigenvalue weighted by atomic mass is 10.0. The molecule has 1 saturated carbocycles. The minimum atomic E-state index is -0.152. The second-order valence-electron chi connectivity index (χ2n) is 4.17. The van der Waals surface area contributed by atoms with Crippen LogP contribution in [0.25, 0.3) is 0 Å².